The van der Waals surface area contributed by atoms with Gasteiger partial charge in [-0.2, -0.15) is 0 Å². The molecule has 3 N–H and O–H groups in total. The van der Waals surface area contributed by atoms with E-state index in [4.69, 9.17) is 4.74 Å². The number of rotatable bonds is 7. The van der Waals surface area contributed by atoms with Crippen LogP contribution in [0.3, 0.4) is 0 Å². The maximum Gasteiger partial charge on any atom is 0.343 e. The van der Waals surface area contributed by atoms with Gasteiger partial charge in [-0.05, 0) is 68.1 Å². The highest BCUT2D eigenvalue weighted by atomic mass is 19.1. The fraction of sp³-hybridized carbons (Fsp3) is 0.697. The van der Waals surface area contributed by atoms with Crippen LogP contribution in [0.4, 0.5) is 18.9 Å². The Bertz CT molecular complexity index is 1400. The SMILES string of the molecule is CO[C@@H](C)C(=O)[N+]1(C)C2CC2(F)C(=O)N[C@@H](C(C2CC2)C2CC2)C(=O)Nc2ccc(cc2F)[C@H](C)[C@@H]1C(=O)N1CCNC(CF)C1. The summed E-state index contributed by atoms with van der Waals surface area (Å²) < 4.78 is 51.1. The summed E-state index contributed by atoms with van der Waals surface area (Å²) in [6.07, 6.45) is 2.13. The number of ether oxygens (including phenoxy) is 1. The number of carbonyl (C=O) groups excluding carboxylic acids is 4. The molecule has 3 heterocycles. The molecule has 1 aromatic carbocycles. The molecule has 3 aliphatic carbocycles. The first-order chi connectivity index (χ1) is 21.8. The molecular weight excluding hydrogens is 603 g/mol. The third-order valence-corrected chi connectivity index (χ3v) is 11.2. The molecule has 46 heavy (non-hydrogen) atoms. The number of likely N-dealkylation sites (N-methyl/N-ethyl adjacent to an activating group) is 1. The van der Waals surface area contributed by atoms with Crippen LogP contribution in [0.2, 0.25) is 0 Å². The predicted molar refractivity (Wildman–Crippen MR) is 162 cm³/mol. The number of carbonyl (C=O) groups is 4. The standard InChI is InChI=1S/C33H44F3N5O5/c1-17-21-9-10-24(23(35)13-21)38-29(42)27(26(19-5-6-19)20-7-8-20)39-32(45)33(36)14-25(33)41(3,31(44)18(2)46-4)28(17)30(43)40-12-11-37-22(15-34)16-40/h9-10,13,17-20,22,25-28,37H,5-8,11-12,14-16H2,1-4H3,(H-,38,39,42,45)/p+1/t17-,18-,22?,25?,27-,28+,33?,41?/m0/s1. The smallest absolute Gasteiger partial charge is 0.343 e. The Kier molecular flexibility index (Phi) is 8.73. The maximum atomic E-state index is 17.1. The maximum absolute atomic E-state index is 17.1. The van der Waals surface area contributed by atoms with Crippen LogP contribution in [0.5, 0.6) is 0 Å². The molecule has 3 saturated carbocycles. The molecule has 10 nitrogen and oxygen atoms in total. The number of amides is 4. The van der Waals surface area contributed by atoms with E-state index in [2.05, 4.69) is 16.0 Å². The van der Waals surface area contributed by atoms with Gasteiger partial charge in [0, 0.05) is 32.7 Å². The number of hydrogen-bond acceptors (Lipinski definition) is 6. The monoisotopic (exact) mass is 648 g/mol. The molecule has 3 aliphatic heterocycles. The van der Waals surface area contributed by atoms with E-state index in [1.165, 1.54) is 38.1 Å². The molecule has 0 spiro atoms. The number of nitrogens with zero attached hydrogens (tertiary/aromatic N) is 2. The van der Waals surface area contributed by atoms with Gasteiger partial charge in [-0.25, -0.2) is 22.4 Å². The highest BCUT2D eigenvalue weighted by Crippen LogP contribution is 2.53. The van der Waals surface area contributed by atoms with Crippen LogP contribution >= 0.6 is 0 Å². The van der Waals surface area contributed by atoms with Crippen molar-refractivity contribution in [2.45, 2.75) is 87.8 Å². The number of benzene rings is 1. The van der Waals surface area contributed by atoms with Crippen LogP contribution in [-0.2, 0) is 23.9 Å². The third-order valence-electron chi connectivity index (χ3n) is 11.2. The minimum absolute atomic E-state index is 0.0310. The zero-order chi connectivity index (χ0) is 33.1. The van der Waals surface area contributed by atoms with Gasteiger partial charge in [0.1, 0.15) is 24.6 Å². The van der Waals surface area contributed by atoms with Crippen molar-refractivity contribution in [3.05, 3.63) is 29.6 Å². The number of methoxy groups -OCH3 is 1. The second kappa shape index (κ2) is 12.2. The van der Waals surface area contributed by atoms with Gasteiger partial charge in [0.2, 0.25) is 11.6 Å². The summed E-state index contributed by atoms with van der Waals surface area (Å²) in [5.41, 5.74) is -2.31. The summed E-state index contributed by atoms with van der Waals surface area (Å²) in [6.45, 7) is 3.02. The molecule has 4 fully saturated rings. The lowest BCUT2D eigenvalue weighted by Gasteiger charge is -2.45. The van der Waals surface area contributed by atoms with Gasteiger partial charge in [0.25, 0.3) is 11.8 Å². The fourth-order valence-corrected chi connectivity index (χ4v) is 8.08. The minimum Gasteiger partial charge on any atom is -0.368 e. The van der Waals surface area contributed by atoms with E-state index in [1.54, 1.807) is 13.0 Å². The van der Waals surface area contributed by atoms with Gasteiger partial charge in [-0.15, -0.1) is 0 Å². The number of piperazine rings is 1. The van der Waals surface area contributed by atoms with Gasteiger partial charge in [-0.1, -0.05) is 13.0 Å². The van der Waals surface area contributed by atoms with E-state index in [0.29, 0.717) is 12.1 Å². The van der Waals surface area contributed by atoms with E-state index in [1.807, 2.05) is 0 Å². The average Bonchev–Trinajstić information content (AvgIpc) is 3.91. The van der Waals surface area contributed by atoms with Gasteiger partial charge < -0.3 is 25.6 Å². The summed E-state index contributed by atoms with van der Waals surface area (Å²) in [5, 5.41) is 8.37. The van der Waals surface area contributed by atoms with Gasteiger partial charge >= 0.3 is 5.91 Å². The molecule has 7 rings (SSSR count). The quantitative estimate of drug-likeness (QED) is 0.392. The van der Waals surface area contributed by atoms with Crippen LogP contribution < -0.4 is 16.0 Å². The number of hydrogen-bond donors (Lipinski definition) is 3. The summed E-state index contributed by atoms with van der Waals surface area (Å²) >= 11 is 0. The Morgan fingerprint density at radius 3 is 2.43 bits per heavy atom. The summed E-state index contributed by atoms with van der Waals surface area (Å²) in [5.74, 6) is -4.19. The van der Waals surface area contributed by atoms with E-state index >= 15 is 8.78 Å². The number of alkyl halides is 2. The highest BCUT2D eigenvalue weighted by Gasteiger charge is 2.76. The Hall–Kier alpha value is -3.03. The molecule has 4 amide bonds. The first-order valence-electron chi connectivity index (χ1n) is 16.5. The van der Waals surface area contributed by atoms with Crippen LogP contribution in [0.25, 0.3) is 0 Å². The molecule has 6 aliphatic rings. The van der Waals surface area contributed by atoms with Crippen molar-refractivity contribution in [3.8, 4) is 0 Å². The van der Waals surface area contributed by atoms with Crippen molar-refractivity contribution < 1.29 is 41.6 Å². The fourth-order valence-electron chi connectivity index (χ4n) is 8.08. The van der Waals surface area contributed by atoms with Gasteiger partial charge in [0.05, 0.1) is 25.2 Å². The van der Waals surface area contributed by atoms with E-state index < -0.39 is 82.5 Å². The molecule has 2 bridgehead atoms. The molecule has 1 aromatic rings. The molecule has 1 saturated heterocycles. The Morgan fingerprint density at radius 1 is 1.17 bits per heavy atom. The second-order valence-electron chi connectivity index (χ2n) is 14.2. The van der Waals surface area contributed by atoms with Crippen molar-refractivity contribution in [1.82, 2.24) is 15.5 Å². The van der Waals surface area contributed by atoms with E-state index in [9.17, 15) is 23.6 Å². The number of halogens is 3. The third kappa shape index (κ3) is 5.72. The lowest BCUT2D eigenvalue weighted by Crippen LogP contribution is -2.70. The summed E-state index contributed by atoms with van der Waals surface area (Å²) in [4.78, 5) is 58.1. The van der Waals surface area contributed by atoms with Crippen molar-refractivity contribution in [2.24, 2.45) is 17.8 Å². The number of quaternary nitrogens is 1. The van der Waals surface area contributed by atoms with Gasteiger partial charge in [-0.3, -0.25) is 14.4 Å². The molecular formula is C33H45F3N5O5+. The number of nitrogens with one attached hydrogen (secondary N) is 3. The lowest BCUT2D eigenvalue weighted by molar-refractivity contribution is -0.867. The minimum atomic E-state index is -2.56. The van der Waals surface area contributed by atoms with Crippen molar-refractivity contribution in [1.29, 1.82) is 0 Å². The van der Waals surface area contributed by atoms with Crippen molar-refractivity contribution >= 4 is 29.3 Å². The first kappa shape index (κ1) is 32.9. The van der Waals surface area contributed by atoms with Crippen molar-refractivity contribution in [2.75, 3.05) is 45.8 Å². The Balaban J connectivity index is 1.48. The Labute approximate surface area is 267 Å². The zero-order valence-corrected chi connectivity index (χ0v) is 26.9. The number of anilines is 1. The van der Waals surface area contributed by atoms with Crippen LogP contribution in [0.15, 0.2) is 18.2 Å². The predicted octanol–water partition coefficient (Wildman–Crippen LogP) is 2.43. The molecule has 0 aromatic heterocycles. The lowest BCUT2D eigenvalue weighted by atomic mass is 9.87. The highest BCUT2D eigenvalue weighted by molar-refractivity contribution is 6.00. The van der Waals surface area contributed by atoms with Crippen LogP contribution in [0.1, 0.15) is 57.4 Å². The Morgan fingerprint density at radius 2 is 1.85 bits per heavy atom. The van der Waals surface area contributed by atoms with E-state index in [-0.39, 0.29) is 43.0 Å². The molecule has 13 heteroatoms. The molecule has 8 atom stereocenters. The van der Waals surface area contributed by atoms with Crippen LogP contribution in [-0.4, -0.2) is 109 Å². The second-order valence-corrected chi connectivity index (χ2v) is 14.2. The van der Waals surface area contributed by atoms with E-state index in [0.717, 1.165) is 25.7 Å². The van der Waals surface area contributed by atoms with Crippen LogP contribution in [0, 0.1) is 23.6 Å². The topological polar surface area (TPSA) is 117 Å². The van der Waals surface area contributed by atoms with Crippen molar-refractivity contribution in [3.63, 3.8) is 0 Å². The molecule has 252 valence electrons. The number of fused-ring (bicyclic) bond motifs is 8. The van der Waals surface area contributed by atoms with Gasteiger partial charge in [0.15, 0.2) is 12.1 Å². The summed E-state index contributed by atoms with van der Waals surface area (Å²) in [7, 11) is 2.78. The largest absolute Gasteiger partial charge is 0.368 e. The average molecular weight is 649 g/mol. The normalized spacial score (nSPS) is 35.6. The molecule has 4 unspecified atom stereocenters. The zero-order valence-electron chi connectivity index (χ0n) is 26.9. The first-order valence-corrected chi connectivity index (χ1v) is 16.5. The molecule has 0 radical (unpaired) electrons. The summed E-state index contributed by atoms with van der Waals surface area (Å²) in [6, 6.07) is -0.0634.